The van der Waals surface area contributed by atoms with Crippen molar-refractivity contribution >= 4 is 11.9 Å². The Morgan fingerprint density at radius 1 is 1.04 bits per heavy atom. The normalized spacial score (nSPS) is 38.7. The molecule has 1 aromatic rings. The largest absolute Gasteiger partial charge is 0.480 e. The lowest BCUT2D eigenvalue weighted by Crippen LogP contribution is -2.57. The molecule has 6 rings (SSSR count). The average molecular weight is 344 g/mol. The molecule has 4 saturated carbocycles. The fraction of sp³-hybridized carbons (Fsp3) is 0.778. The molecule has 1 atom stereocenters. The van der Waals surface area contributed by atoms with Crippen molar-refractivity contribution in [2.24, 2.45) is 29.6 Å². The zero-order valence-electron chi connectivity index (χ0n) is 14.5. The van der Waals surface area contributed by atoms with Crippen molar-refractivity contribution in [1.29, 1.82) is 0 Å². The summed E-state index contributed by atoms with van der Waals surface area (Å²) in [5, 5.41) is 17.9. The van der Waals surface area contributed by atoms with Gasteiger partial charge in [-0.25, -0.2) is 4.79 Å². The maximum atomic E-state index is 13.4. The van der Waals surface area contributed by atoms with Gasteiger partial charge in [0.1, 0.15) is 11.9 Å². The third-order valence-corrected chi connectivity index (χ3v) is 7.14. The zero-order chi connectivity index (χ0) is 17.3. The third kappa shape index (κ3) is 2.24. The maximum absolute atomic E-state index is 13.4. The summed E-state index contributed by atoms with van der Waals surface area (Å²) in [5.41, 5.74) is 0. The molecule has 25 heavy (non-hydrogen) atoms. The van der Waals surface area contributed by atoms with Crippen molar-refractivity contribution in [3.05, 3.63) is 11.6 Å². The first kappa shape index (κ1) is 15.3. The van der Waals surface area contributed by atoms with E-state index < -0.39 is 12.0 Å². The second kappa shape index (κ2) is 5.29. The van der Waals surface area contributed by atoms with Gasteiger partial charge in [-0.15, -0.1) is 10.2 Å². The van der Waals surface area contributed by atoms with Gasteiger partial charge in [-0.1, -0.05) is 0 Å². The van der Waals surface area contributed by atoms with E-state index in [1.807, 2.05) is 11.5 Å². The highest BCUT2D eigenvalue weighted by Gasteiger charge is 2.53. The number of carboxylic acid groups (broad SMARTS) is 1. The summed E-state index contributed by atoms with van der Waals surface area (Å²) in [5.74, 6) is 3.06. The number of hydrogen-bond acceptors (Lipinski definition) is 4. The first-order valence-electron chi connectivity index (χ1n) is 9.43. The molecule has 4 aliphatic carbocycles. The minimum atomic E-state index is -0.934. The number of aromatic nitrogens is 3. The predicted molar refractivity (Wildman–Crippen MR) is 87.3 cm³/mol. The number of rotatable bonds is 2. The van der Waals surface area contributed by atoms with Gasteiger partial charge in [0.05, 0.1) is 13.1 Å². The van der Waals surface area contributed by atoms with Gasteiger partial charge in [-0.2, -0.15) is 0 Å². The molecule has 7 nitrogen and oxygen atoms in total. The number of aliphatic carboxylic acids is 1. The molecule has 1 N–H and O–H groups in total. The molecule has 0 radical (unpaired) electrons. The van der Waals surface area contributed by atoms with Crippen LogP contribution in [-0.2, 0) is 22.7 Å². The molecule has 0 saturated heterocycles. The minimum absolute atomic E-state index is 0.0187. The summed E-state index contributed by atoms with van der Waals surface area (Å²) in [6.45, 7) is 2.34. The first-order valence-corrected chi connectivity index (χ1v) is 9.43. The summed E-state index contributed by atoms with van der Waals surface area (Å²) < 4.78 is 1.83. The van der Waals surface area contributed by atoms with E-state index in [1.165, 1.54) is 6.42 Å². The summed E-state index contributed by atoms with van der Waals surface area (Å²) >= 11 is 0. The Balaban J connectivity index is 1.45. The molecule has 1 aliphatic heterocycles. The number of carboxylic acids is 1. The zero-order valence-corrected chi connectivity index (χ0v) is 14.5. The molecule has 0 aromatic carbocycles. The van der Waals surface area contributed by atoms with Crippen molar-refractivity contribution < 1.29 is 14.7 Å². The number of carbonyl (C=O) groups excluding carboxylic acids is 1. The molecule has 4 fully saturated rings. The van der Waals surface area contributed by atoms with Crippen molar-refractivity contribution in [3.63, 3.8) is 0 Å². The smallest absolute Gasteiger partial charge is 0.328 e. The molecule has 7 heteroatoms. The quantitative estimate of drug-likeness (QED) is 0.877. The van der Waals surface area contributed by atoms with Gasteiger partial charge >= 0.3 is 5.97 Å². The van der Waals surface area contributed by atoms with Crippen LogP contribution in [0.4, 0.5) is 0 Å². The van der Waals surface area contributed by atoms with Crippen molar-refractivity contribution in [2.75, 3.05) is 0 Å². The molecule has 5 aliphatic rings. The van der Waals surface area contributed by atoms with Crippen LogP contribution in [0.5, 0.6) is 0 Å². The Bertz CT molecular complexity index is 715. The molecular weight excluding hydrogens is 320 g/mol. The van der Waals surface area contributed by atoms with Gasteiger partial charge in [0.25, 0.3) is 0 Å². The standard InChI is InChI=1S/C18H24N4O3/c1-9-19-20-15-8-22(14(18(24)25)7-21(9)15)17(23)16-12-3-10-2-11(5-12)6-13(16)4-10/h10-14,16H,2-8H2,1H3,(H,24,25). The lowest BCUT2D eigenvalue weighted by Gasteiger charge is -2.54. The number of fused-ring (bicyclic) bond motifs is 1. The van der Waals surface area contributed by atoms with E-state index in [1.54, 1.807) is 4.90 Å². The van der Waals surface area contributed by atoms with E-state index >= 15 is 0 Å². The van der Waals surface area contributed by atoms with Crippen LogP contribution in [0.2, 0.25) is 0 Å². The van der Waals surface area contributed by atoms with Crippen LogP contribution in [-0.4, -0.2) is 42.7 Å². The lowest BCUT2D eigenvalue weighted by atomic mass is 9.51. The van der Waals surface area contributed by atoms with Crippen LogP contribution in [0.3, 0.4) is 0 Å². The minimum Gasteiger partial charge on any atom is -0.480 e. The maximum Gasteiger partial charge on any atom is 0.328 e. The van der Waals surface area contributed by atoms with Crippen molar-refractivity contribution in [1.82, 2.24) is 19.7 Å². The van der Waals surface area contributed by atoms with Crippen LogP contribution in [0.25, 0.3) is 0 Å². The molecule has 0 spiro atoms. The summed E-state index contributed by atoms with van der Waals surface area (Å²) in [4.78, 5) is 26.9. The van der Waals surface area contributed by atoms with Gasteiger partial charge in [-0.05, 0) is 62.7 Å². The van der Waals surface area contributed by atoms with E-state index in [2.05, 4.69) is 10.2 Å². The summed E-state index contributed by atoms with van der Waals surface area (Å²) in [7, 11) is 0. The highest BCUT2D eigenvalue weighted by molar-refractivity contribution is 5.86. The van der Waals surface area contributed by atoms with E-state index in [4.69, 9.17) is 0 Å². The fourth-order valence-electron chi connectivity index (χ4n) is 6.28. The number of nitrogens with zero attached hydrogens (tertiary/aromatic N) is 4. The predicted octanol–water partition coefficient (Wildman–Crippen LogP) is 1.45. The molecule has 134 valence electrons. The topological polar surface area (TPSA) is 88.3 Å². The van der Waals surface area contributed by atoms with Gasteiger partial charge in [0, 0.05) is 5.92 Å². The molecular formula is C18H24N4O3. The second-order valence-corrected chi connectivity index (χ2v) is 8.55. The van der Waals surface area contributed by atoms with Crippen LogP contribution in [0.15, 0.2) is 0 Å². The molecule has 1 unspecified atom stereocenters. The number of amides is 1. The lowest BCUT2D eigenvalue weighted by molar-refractivity contribution is -0.162. The highest BCUT2D eigenvalue weighted by atomic mass is 16.4. The number of carbonyl (C=O) groups is 2. The van der Waals surface area contributed by atoms with Crippen LogP contribution in [0.1, 0.15) is 43.8 Å². The average Bonchev–Trinajstić information content (AvgIpc) is 2.93. The van der Waals surface area contributed by atoms with E-state index in [0.717, 1.165) is 37.5 Å². The molecule has 4 bridgehead atoms. The monoisotopic (exact) mass is 344 g/mol. The van der Waals surface area contributed by atoms with E-state index in [9.17, 15) is 14.7 Å². The van der Waals surface area contributed by atoms with Gasteiger partial charge in [-0.3, -0.25) is 4.79 Å². The van der Waals surface area contributed by atoms with Gasteiger partial charge in [0.2, 0.25) is 5.91 Å². The second-order valence-electron chi connectivity index (χ2n) is 8.55. The van der Waals surface area contributed by atoms with E-state index in [0.29, 0.717) is 23.5 Å². The Morgan fingerprint density at radius 2 is 1.68 bits per heavy atom. The Morgan fingerprint density at radius 3 is 2.28 bits per heavy atom. The van der Waals surface area contributed by atoms with Gasteiger partial charge in [0.15, 0.2) is 5.82 Å². The molecule has 1 aromatic heterocycles. The van der Waals surface area contributed by atoms with Crippen molar-refractivity contribution in [2.45, 2.75) is 58.2 Å². The SMILES string of the molecule is Cc1nnc2n1CC(C(=O)O)N(C(=O)C1C3CC4CC(C3)CC1C4)C2. The highest BCUT2D eigenvalue weighted by Crippen LogP contribution is 2.57. The van der Waals surface area contributed by atoms with Crippen molar-refractivity contribution in [3.8, 4) is 0 Å². The molecule has 1 amide bonds. The number of aryl methyl sites for hydroxylation is 1. The number of hydrogen-bond donors (Lipinski definition) is 1. The van der Waals surface area contributed by atoms with E-state index in [-0.39, 0.29) is 24.9 Å². The Hall–Kier alpha value is -1.92. The summed E-state index contributed by atoms with van der Waals surface area (Å²) in [6.07, 6.45) is 5.97. The Labute approximate surface area is 146 Å². The van der Waals surface area contributed by atoms with Crippen LogP contribution >= 0.6 is 0 Å². The third-order valence-electron chi connectivity index (χ3n) is 7.14. The first-order chi connectivity index (χ1) is 12.0. The van der Waals surface area contributed by atoms with Gasteiger partial charge < -0.3 is 14.6 Å². The molecule has 2 heterocycles. The van der Waals surface area contributed by atoms with Crippen LogP contribution < -0.4 is 0 Å². The Kier molecular flexibility index (Phi) is 3.24. The van der Waals surface area contributed by atoms with Crippen LogP contribution in [0, 0.1) is 36.5 Å². The fourth-order valence-corrected chi connectivity index (χ4v) is 6.28. The summed E-state index contributed by atoms with van der Waals surface area (Å²) in [6, 6.07) is -0.813.